The Labute approximate surface area is 106 Å². The highest BCUT2D eigenvalue weighted by atomic mass is 127. The fraction of sp³-hybridized carbons (Fsp3) is 0.0833. The van der Waals surface area contributed by atoms with Crippen LogP contribution in [0.3, 0.4) is 0 Å². The first-order chi connectivity index (χ1) is 6.93. The number of hydrogen-bond donors (Lipinski definition) is 0. The number of aromatic nitrogens is 1. The molecule has 2 aliphatic heterocycles. The van der Waals surface area contributed by atoms with Gasteiger partial charge in [0.2, 0.25) is 12.4 Å². The highest BCUT2D eigenvalue weighted by Crippen LogP contribution is 2.18. The molecule has 1 aromatic heterocycles. The summed E-state index contributed by atoms with van der Waals surface area (Å²) in [5.41, 5.74) is 2.53. The van der Waals surface area contributed by atoms with Crippen molar-refractivity contribution < 1.29 is 28.5 Å². The highest BCUT2D eigenvalue weighted by Gasteiger charge is 2.20. The lowest BCUT2D eigenvalue weighted by molar-refractivity contribution is -0.715. The van der Waals surface area contributed by atoms with E-state index in [1.165, 1.54) is 11.4 Å². The summed E-state index contributed by atoms with van der Waals surface area (Å²) in [7, 11) is 0. The van der Waals surface area contributed by atoms with Crippen LogP contribution in [-0.4, -0.2) is 4.90 Å². The second kappa shape index (κ2) is 4.18. The van der Waals surface area contributed by atoms with Gasteiger partial charge in [-0.25, -0.2) is 0 Å². The Morgan fingerprint density at radius 1 is 1.20 bits per heavy atom. The van der Waals surface area contributed by atoms with Crippen LogP contribution < -0.4 is 28.5 Å². The van der Waals surface area contributed by atoms with Gasteiger partial charge in [-0.1, -0.05) is 6.08 Å². The van der Waals surface area contributed by atoms with E-state index in [1.807, 2.05) is 0 Å². The van der Waals surface area contributed by atoms with Crippen LogP contribution in [0.5, 0.6) is 0 Å². The molecule has 0 aromatic carbocycles. The van der Waals surface area contributed by atoms with E-state index < -0.39 is 0 Å². The molecule has 0 bridgehead atoms. The Morgan fingerprint density at radius 3 is 3.07 bits per heavy atom. The van der Waals surface area contributed by atoms with Crippen LogP contribution in [0.4, 0.5) is 0 Å². The van der Waals surface area contributed by atoms with Crippen molar-refractivity contribution in [3.63, 3.8) is 0 Å². The fourth-order valence-corrected chi connectivity index (χ4v) is 1.81. The lowest BCUT2D eigenvalue weighted by atomic mass is 10.2. The molecular formula is C12H11IN2. The Morgan fingerprint density at radius 2 is 2.13 bits per heavy atom. The molecule has 76 valence electrons. The van der Waals surface area contributed by atoms with E-state index in [4.69, 9.17) is 0 Å². The van der Waals surface area contributed by atoms with Crippen molar-refractivity contribution >= 4 is 6.08 Å². The van der Waals surface area contributed by atoms with Gasteiger partial charge in [0.05, 0.1) is 5.70 Å². The fourth-order valence-electron chi connectivity index (χ4n) is 1.81. The zero-order chi connectivity index (χ0) is 9.38. The van der Waals surface area contributed by atoms with Gasteiger partial charge in [-0.15, -0.1) is 0 Å². The van der Waals surface area contributed by atoms with Crippen molar-refractivity contribution in [3.05, 3.63) is 60.2 Å². The molecule has 0 spiro atoms. The van der Waals surface area contributed by atoms with Gasteiger partial charge in [-0.05, 0) is 18.2 Å². The minimum absolute atomic E-state index is 0. The van der Waals surface area contributed by atoms with Crippen LogP contribution in [0.1, 0.15) is 5.69 Å². The molecule has 0 atom stereocenters. The maximum Gasteiger partial charge on any atom is 0.228 e. The summed E-state index contributed by atoms with van der Waals surface area (Å²) < 4.78 is 2.23. The number of hydrogen-bond acceptors (Lipinski definition) is 1. The Balaban J connectivity index is 0.000000853. The molecule has 0 N–H and O–H groups in total. The van der Waals surface area contributed by atoms with Crippen LogP contribution in [-0.2, 0) is 6.67 Å². The summed E-state index contributed by atoms with van der Waals surface area (Å²) in [6, 6.07) is 6.27. The van der Waals surface area contributed by atoms with Gasteiger partial charge in [-0.3, -0.25) is 4.90 Å². The van der Waals surface area contributed by atoms with E-state index in [0.717, 1.165) is 6.67 Å². The van der Waals surface area contributed by atoms with Crippen LogP contribution in [0.25, 0.3) is 6.08 Å². The van der Waals surface area contributed by atoms with Gasteiger partial charge in [0, 0.05) is 24.4 Å². The van der Waals surface area contributed by atoms with E-state index in [2.05, 4.69) is 64.4 Å². The molecule has 0 saturated carbocycles. The first kappa shape index (κ1) is 10.4. The molecule has 3 rings (SSSR count). The molecule has 1 aromatic rings. The molecule has 3 heteroatoms. The first-order valence-corrected chi connectivity index (χ1v) is 4.75. The average molecular weight is 310 g/mol. The second-order valence-corrected chi connectivity index (χ2v) is 3.48. The Kier molecular flexibility index (Phi) is 2.90. The quantitative estimate of drug-likeness (QED) is 0.426. The predicted octanol–water partition coefficient (Wildman–Crippen LogP) is -1.32. The van der Waals surface area contributed by atoms with E-state index in [1.54, 1.807) is 0 Å². The largest absolute Gasteiger partial charge is 1.00 e. The standard InChI is InChI=1S/C12H11N2.HI/c1-3-7-13-10-14-8-4-2-6-12(14)9-11(13)5-1;/h1-9H,10H2;1H/q+1;/p-1. The molecule has 0 aliphatic carbocycles. The zero-order valence-corrected chi connectivity index (χ0v) is 10.3. The number of pyridine rings is 1. The number of halogens is 1. The van der Waals surface area contributed by atoms with Crippen molar-refractivity contribution in [1.82, 2.24) is 4.90 Å². The normalized spacial score (nSPS) is 16.3. The lowest BCUT2D eigenvalue weighted by Crippen LogP contribution is -3.00. The Hall–Kier alpha value is -1.10. The maximum atomic E-state index is 2.23. The molecule has 3 heterocycles. The van der Waals surface area contributed by atoms with Gasteiger partial charge < -0.3 is 24.0 Å². The number of nitrogens with zero attached hydrogens (tertiary/aromatic N) is 2. The summed E-state index contributed by atoms with van der Waals surface area (Å²) in [6.45, 7) is 0.906. The molecule has 0 radical (unpaired) electrons. The van der Waals surface area contributed by atoms with Crippen LogP contribution in [0.15, 0.2) is 54.5 Å². The molecule has 0 saturated heterocycles. The molecule has 2 aliphatic rings. The molecular weight excluding hydrogens is 299 g/mol. The van der Waals surface area contributed by atoms with Crippen LogP contribution in [0, 0.1) is 0 Å². The van der Waals surface area contributed by atoms with Gasteiger partial charge in [0.1, 0.15) is 0 Å². The van der Waals surface area contributed by atoms with E-state index in [-0.39, 0.29) is 24.0 Å². The van der Waals surface area contributed by atoms with Crippen LogP contribution >= 0.6 is 0 Å². The van der Waals surface area contributed by atoms with Crippen LogP contribution in [0.2, 0.25) is 0 Å². The Bertz CT molecular complexity index is 460. The van der Waals surface area contributed by atoms with Crippen molar-refractivity contribution in [3.8, 4) is 0 Å². The minimum atomic E-state index is 0. The third-order valence-corrected chi connectivity index (χ3v) is 2.55. The van der Waals surface area contributed by atoms with Crippen molar-refractivity contribution in [2.45, 2.75) is 6.67 Å². The molecule has 0 amide bonds. The molecule has 2 nitrogen and oxygen atoms in total. The molecule has 0 unspecified atom stereocenters. The van der Waals surface area contributed by atoms with Crippen molar-refractivity contribution in [2.75, 3.05) is 0 Å². The summed E-state index contributed by atoms with van der Waals surface area (Å²) in [6.07, 6.45) is 12.7. The topological polar surface area (TPSA) is 7.12 Å². The summed E-state index contributed by atoms with van der Waals surface area (Å²) in [5.74, 6) is 0. The summed E-state index contributed by atoms with van der Waals surface area (Å²) in [5, 5.41) is 0. The number of allylic oxidation sites excluding steroid dienone is 3. The smallest absolute Gasteiger partial charge is 0.228 e. The third-order valence-electron chi connectivity index (χ3n) is 2.55. The van der Waals surface area contributed by atoms with Crippen molar-refractivity contribution in [2.24, 2.45) is 0 Å². The summed E-state index contributed by atoms with van der Waals surface area (Å²) in [4.78, 5) is 2.23. The lowest BCUT2D eigenvalue weighted by Gasteiger charge is -2.23. The van der Waals surface area contributed by atoms with Gasteiger partial charge in [0.15, 0.2) is 6.20 Å². The highest BCUT2D eigenvalue weighted by molar-refractivity contribution is 5.52. The first-order valence-electron chi connectivity index (χ1n) is 4.75. The average Bonchev–Trinajstić information content (AvgIpc) is 2.26. The van der Waals surface area contributed by atoms with Crippen molar-refractivity contribution in [1.29, 1.82) is 0 Å². The number of rotatable bonds is 0. The SMILES string of the molecule is C1=CC2=Cc3cccc[n+]3CN2C=C1.[I-]. The number of fused-ring (bicyclic) bond motifs is 2. The van der Waals surface area contributed by atoms with E-state index >= 15 is 0 Å². The maximum absolute atomic E-state index is 2.23. The third kappa shape index (κ3) is 1.84. The predicted molar refractivity (Wildman–Crippen MR) is 54.7 cm³/mol. The molecule has 15 heavy (non-hydrogen) atoms. The van der Waals surface area contributed by atoms with E-state index in [9.17, 15) is 0 Å². The minimum Gasteiger partial charge on any atom is -1.00 e. The van der Waals surface area contributed by atoms with Gasteiger partial charge in [-0.2, -0.15) is 4.57 Å². The zero-order valence-electron chi connectivity index (χ0n) is 8.18. The van der Waals surface area contributed by atoms with Gasteiger partial charge in [0.25, 0.3) is 0 Å². The molecule has 0 fully saturated rings. The summed E-state index contributed by atoms with van der Waals surface area (Å²) >= 11 is 0. The second-order valence-electron chi connectivity index (χ2n) is 3.48. The van der Waals surface area contributed by atoms with E-state index in [0.29, 0.717) is 0 Å². The van der Waals surface area contributed by atoms with Gasteiger partial charge >= 0.3 is 0 Å². The monoisotopic (exact) mass is 310 g/mol.